The molecule has 8 nitrogen and oxygen atoms in total. The fourth-order valence-corrected chi connectivity index (χ4v) is 1.71. The summed E-state index contributed by atoms with van der Waals surface area (Å²) in [4.78, 5) is 20.2. The Balaban J connectivity index is 2.20. The molecule has 8 heteroatoms. The maximum atomic E-state index is 11.0. The van der Waals surface area contributed by atoms with Crippen LogP contribution in [0.2, 0.25) is 0 Å². The molecule has 2 aromatic carbocycles. The normalized spacial score (nSPS) is 10.6. The van der Waals surface area contributed by atoms with Crippen LogP contribution in [-0.2, 0) is 0 Å². The highest BCUT2D eigenvalue weighted by molar-refractivity contribution is 5.80. The topological polar surface area (TPSA) is 111 Å². The molecule has 0 radical (unpaired) electrons. The van der Waals surface area contributed by atoms with E-state index in [2.05, 4.69) is 10.5 Å². The van der Waals surface area contributed by atoms with Crippen molar-refractivity contribution in [2.45, 2.75) is 6.92 Å². The van der Waals surface area contributed by atoms with Gasteiger partial charge in [-0.25, -0.2) is 0 Å². The Kier molecular flexibility index (Phi) is 4.42. The van der Waals surface area contributed by atoms with E-state index >= 15 is 0 Å². The fourth-order valence-electron chi connectivity index (χ4n) is 1.71. The van der Waals surface area contributed by atoms with Gasteiger partial charge in [0.1, 0.15) is 5.69 Å². The number of hydrogen-bond donors (Lipinski definition) is 1. The van der Waals surface area contributed by atoms with Crippen molar-refractivity contribution in [2.24, 2.45) is 5.10 Å². The van der Waals surface area contributed by atoms with Crippen molar-refractivity contribution in [2.75, 3.05) is 5.43 Å². The Bertz CT molecular complexity index is 741. The van der Waals surface area contributed by atoms with Crippen molar-refractivity contribution < 1.29 is 9.85 Å². The molecule has 0 bridgehead atoms. The third-order valence-electron chi connectivity index (χ3n) is 2.86. The van der Waals surface area contributed by atoms with Gasteiger partial charge in [0, 0.05) is 6.07 Å². The number of hydrogen-bond acceptors (Lipinski definition) is 6. The second kappa shape index (κ2) is 6.44. The number of aryl methyl sites for hydroxylation is 1. The van der Waals surface area contributed by atoms with Crippen LogP contribution in [0, 0.1) is 27.2 Å². The van der Waals surface area contributed by atoms with E-state index in [1.165, 1.54) is 18.3 Å². The van der Waals surface area contributed by atoms with E-state index in [1.807, 2.05) is 31.2 Å². The van der Waals surface area contributed by atoms with Crippen LogP contribution in [0.5, 0.6) is 0 Å². The lowest BCUT2D eigenvalue weighted by molar-refractivity contribution is -0.393. The van der Waals surface area contributed by atoms with Gasteiger partial charge in [0.15, 0.2) is 0 Å². The summed E-state index contributed by atoms with van der Waals surface area (Å²) in [6.07, 6.45) is 1.50. The van der Waals surface area contributed by atoms with Crippen molar-refractivity contribution in [1.82, 2.24) is 0 Å². The van der Waals surface area contributed by atoms with Gasteiger partial charge in [0.05, 0.1) is 22.1 Å². The third kappa shape index (κ3) is 3.63. The SMILES string of the molecule is Cc1ccc(C=NNc2ccc([N+](=O)[O-])cc2[N+](=O)[O-])cc1. The van der Waals surface area contributed by atoms with Crippen LogP contribution >= 0.6 is 0 Å². The van der Waals surface area contributed by atoms with Crippen molar-refractivity contribution in [3.63, 3.8) is 0 Å². The summed E-state index contributed by atoms with van der Waals surface area (Å²) in [6, 6.07) is 10.9. The van der Waals surface area contributed by atoms with Crippen LogP contribution in [0.15, 0.2) is 47.6 Å². The van der Waals surface area contributed by atoms with Crippen molar-refractivity contribution in [1.29, 1.82) is 0 Å². The molecule has 0 aliphatic carbocycles. The Morgan fingerprint density at radius 1 is 1.05 bits per heavy atom. The standard InChI is InChI=1S/C14H12N4O4/c1-10-2-4-11(5-3-10)9-15-16-13-7-6-12(17(19)20)8-14(13)18(21)22/h2-9,16H,1H3. The van der Waals surface area contributed by atoms with Gasteiger partial charge < -0.3 is 0 Å². The summed E-state index contributed by atoms with van der Waals surface area (Å²) in [6.45, 7) is 1.96. The minimum absolute atomic E-state index is 0.0824. The van der Waals surface area contributed by atoms with E-state index in [4.69, 9.17) is 0 Å². The number of anilines is 1. The number of hydrazone groups is 1. The molecule has 2 aromatic rings. The van der Waals surface area contributed by atoms with Gasteiger partial charge >= 0.3 is 5.69 Å². The Labute approximate surface area is 125 Å². The highest BCUT2D eigenvalue weighted by atomic mass is 16.6. The number of non-ortho nitro benzene ring substituents is 1. The number of nitrogens with zero attached hydrogens (tertiary/aromatic N) is 3. The molecule has 0 fully saturated rings. The van der Waals surface area contributed by atoms with E-state index in [0.717, 1.165) is 17.2 Å². The largest absolute Gasteiger partial charge is 0.301 e. The van der Waals surface area contributed by atoms with Crippen molar-refractivity contribution in [3.05, 3.63) is 73.8 Å². The third-order valence-corrected chi connectivity index (χ3v) is 2.86. The number of nitro groups is 2. The first-order chi connectivity index (χ1) is 10.5. The average Bonchev–Trinajstić information content (AvgIpc) is 2.49. The summed E-state index contributed by atoms with van der Waals surface area (Å²) >= 11 is 0. The molecular formula is C14H12N4O4. The number of benzene rings is 2. The molecule has 1 N–H and O–H groups in total. The zero-order valence-corrected chi connectivity index (χ0v) is 11.6. The first-order valence-electron chi connectivity index (χ1n) is 6.26. The van der Waals surface area contributed by atoms with Gasteiger partial charge in [-0.3, -0.25) is 25.7 Å². The van der Waals surface area contributed by atoms with E-state index in [0.29, 0.717) is 0 Å². The highest BCUT2D eigenvalue weighted by Crippen LogP contribution is 2.28. The Morgan fingerprint density at radius 3 is 2.32 bits per heavy atom. The van der Waals surface area contributed by atoms with Gasteiger partial charge in [-0.2, -0.15) is 5.10 Å². The maximum absolute atomic E-state index is 11.0. The Morgan fingerprint density at radius 2 is 1.73 bits per heavy atom. The minimum atomic E-state index is -0.698. The lowest BCUT2D eigenvalue weighted by Gasteiger charge is -2.02. The minimum Gasteiger partial charge on any atom is -0.272 e. The first-order valence-corrected chi connectivity index (χ1v) is 6.26. The van der Waals surface area contributed by atoms with Gasteiger partial charge in [0.25, 0.3) is 5.69 Å². The van der Waals surface area contributed by atoms with Crippen LogP contribution in [0.4, 0.5) is 17.1 Å². The summed E-state index contributed by atoms with van der Waals surface area (Å²) < 4.78 is 0. The predicted octanol–water partition coefficient (Wildman–Crippen LogP) is 3.26. The molecular weight excluding hydrogens is 288 g/mol. The summed E-state index contributed by atoms with van der Waals surface area (Å²) in [5.74, 6) is 0. The average molecular weight is 300 g/mol. The van der Waals surface area contributed by atoms with E-state index in [-0.39, 0.29) is 11.4 Å². The lowest BCUT2D eigenvalue weighted by atomic mass is 10.2. The van der Waals surface area contributed by atoms with Crippen LogP contribution in [0.25, 0.3) is 0 Å². The summed E-state index contributed by atoms with van der Waals surface area (Å²) in [5, 5.41) is 25.5. The number of nitro benzene ring substituents is 2. The second-order valence-electron chi connectivity index (χ2n) is 4.50. The predicted molar refractivity (Wildman–Crippen MR) is 82.1 cm³/mol. The molecule has 0 spiro atoms. The van der Waals surface area contributed by atoms with E-state index < -0.39 is 15.5 Å². The zero-order chi connectivity index (χ0) is 16.1. The van der Waals surface area contributed by atoms with Gasteiger partial charge in [-0.05, 0) is 18.6 Å². The first kappa shape index (κ1) is 15.1. The highest BCUT2D eigenvalue weighted by Gasteiger charge is 2.18. The molecule has 0 aliphatic heterocycles. The van der Waals surface area contributed by atoms with Crippen LogP contribution in [0.1, 0.15) is 11.1 Å². The number of rotatable bonds is 5. The van der Waals surface area contributed by atoms with Gasteiger partial charge in [-0.15, -0.1) is 0 Å². The van der Waals surface area contributed by atoms with Gasteiger partial charge in [-0.1, -0.05) is 29.8 Å². The second-order valence-corrected chi connectivity index (χ2v) is 4.50. The van der Waals surface area contributed by atoms with Crippen LogP contribution < -0.4 is 5.43 Å². The molecule has 0 aliphatic rings. The molecule has 0 atom stereocenters. The van der Waals surface area contributed by atoms with Gasteiger partial charge in [0.2, 0.25) is 0 Å². The molecule has 0 unspecified atom stereocenters. The summed E-state index contributed by atoms with van der Waals surface area (Å²) in [5.41, 5.74) is 3.79. The molecule has 0 saturated carbocycles. The zero-order valence-electron chi connectivity index (χ0n) is 11.6. The number of nitrogens with one attached hydrogen (secondary N) is 1. The van der Waals surface area contributed by atoms with Crippen molar-refractivity contribution >= 4 is 23.3 Å². The molecule has 0 heterocycles. The Hall–Kier alpha value is -3.29. The van der Waals surface area contributed by atoms with E-state index in [9.17, 15) is 20.2 Å². The van der Waals surface area contributed by atoms with Crippen molar-refractivity contribution in [3.8, 4) is 0 Å². The summed E-state index contributed by atoms with van der Waals surface area (Å²) in [7, 11) is 0. The molecule has 0 saturated heterocycles. The molecule has 2 rings (SSSR count). The molecule has 0 aromatic heterocycles. The molecule has 112 valence electrons. The van der Waals surface area contributed by atoms with Crippen LogP contribution in [-0.4, -0.2) is 16.1 Å². The maximum Gasteiger partial charge on any atom is 0.301 e. The van der Waals surface area contributed by atoms with Crippen LogP contribution in [0.3, 0.4) is 0 Å². The fraction of sp³-hybridized carbons (Fsp3) is 0.0714. The molecule has 0 amide bonds. The monoisotopic (exact) mass is 300 g/mol. The quantitative estimate of drug-likeness (QED) is 0.517. The molecule has 22 heavy (non-hydrogen) atoms. The lowest BCUT2D eigenvalue weighted by Crippen LogP contribution is -1.98. The smallest absolute Gasteiger partial charge is 0.272 e. The van der Waals surface area contributed by atoms with E-state index in [1.54, 1.807) is 0 Å².